The highest BCUT2D eigenvalue weighted by molar-refractivity contribution is 6.08. The number of halogens is 1. The summed E-state index contributed by atoms with van der Waals surface area (Å²) in [5, 5.41) is 3.47. The molecule has 0 aliphatic heterocycles. The minimum atomic E-state index is -0.510. The van der Waals surface area contributed by atoms with Gasteiger partial charge < -0.3 is 14.5 Å². The summed E-state index contributed by atoms with van der Waals surface area (Å²) in [7, 11) is 0. The standard InChI is InChI=1S/C18H18FN3O3/c1-5-24-18(23)14-10(3)25-17-15(14)16(20-11(4)21-17)22-12-7-6-9(2)13(19)8-12/h6-8H,5H2,1-4H3,(H,20,21,22). The molecule has 1 N–H and O–H groups in total. The van der Waals surface area contributed by atoms with Gasteiger partial charge in [0.2, 0.25) is 5.71 Å². The van der Waals surface area contributed by atoms with Crippen LogP contribution in [0.5, 0.6) is 0 Å². The number of furan rings is 1. The summed E-state index contributed by atoms with van der Waals surface area (Å²) < 4.78 is 24.5. The van der Waals surface area contributed by atoms with E-state index in [1.807, 2.05) is 0 Å². The summed E-state index contributed by atoms with van der Waals surface area (Å²) in [5.41, 5.74) is 1.60. The lowest BCUT2D eigenvalue weighted by Gasteiger charge is -2.09. The van der Waals surface area contributed by atoms with Gasteiger partial charge in [-0.25, -0.2) is 14.2 Å². The largest absolute Gasteiger partial charge is 0.462 e. The average Bonchev–Trinajstić information content (AvgIpc) is 2.87. The molecule has 0 saturated heterocycles. The Bertz CT molecular complexity index is 966. The molecular weight excluding hydrogens is 325 g/mol. The Morgan fingerprint density at radius 2 is 2.04 bits per heavy atom. The Balaban J connectivity index is 2.15. The van der Waals surface area contributed by atoms with Crippen LogP contribution in [0.25, 0.3) is 11.1 Å². The first kappa shape index (κ1) is 16.9. The zero-order valence-corrected chi connectivity index (χ0v) is 14.4. The first-order valence-electron chi connectivity index (χ1n) is 7.88. The molecule has 6 nitrogen and oxygen atoms in total. The third-order valence-electron chi connectivity index (χ3n) is 3.75. The van der Waals surface area contributed by atoms with Crippen molar-refractivity contribution in [3.63, 3.8) is 0 Å². The molecule has 3 aromatic rings. The van der Waals surface area contributed by atoms with Crippen molar-refractivity contribution in [2.75, 3.05) is 11.9 Å². The van der Waals surface area contributed by atoms with Crippen LogP contribution < -0.4 is 5.32 Å². The van der Waals surface area contributed by atoms with E-state index in [0.29, 0.717) is 34.0 Å². The van der Waals surface area contributed by atoms with E-state index in [2.05, 4.69) is 15.3 Å². The van der Waals surface area contributed by atoms with E-state index in [-0.39, 0.29) is 23.7 Å². The number of hydrogen-bond acceptors (Lipinski definition) is 6. The second-order valence-electron chi connectivity index (χ2n) is 5.64. The summed E-state index contributed by atoms with van der Waals surface area (Å²) in [4.78, 5) is 20.9. The number of nitrogens with zero attached hydrogens (tertiary/aromatic N) is 2. The molecule has 2 aromatic heterocycles. The van der Waals surface area contributed by atoms with Crippen molar-refractivity contribution in [3.05, 3.63) is 46.7 Å². The molecule has 0 aliphatic rings. The van der Waals surface area contributed by atoms with Crippen molar-refractivity contribution in [2.45, 2.75) is 27.7 Å². The number of carbonyl (C=O) groups excluding carboxylic acids is 1. The normalized spacial score (nSPS) is 10.9. The van der Waals surface area contributed by atoms with Crippen LogP contribution in [-0.4, -0.2) is 22.5 Å². The molecule has 3 rings (SSSR count). The first-order valence-corrected chi connectivity index (χ1v) is 7.88. The van der Waals surface area contributed by atoms with Crippen molar-refractivity contribution < 1.29 is 18.3 Å². The van der Waals surface area contributed by atoms with Crippen molar-refractivity contribution in [1.29, 1.82) is 0 Å². The molecule has 7 heteroatoms. The molecule has 0 unspecified atom stereocenters. The minimum absolute atomic E-state index is 0.240. The van der Waals surface area contributed by atoms with Gasteiger partial charge in [0, 0.05) is 5.69 Å². The van der Waals surface area contributed by atoms with Gasteiger partial charge in [0.25, 0.3) is 0 Å². The molecule has 0 bridgehead atoms. The van der Waals surface area contributed by atoms with Crippen molar-refractivity contribution in [2.24, 2.45) is 0 Å². The van der Waals surface area contributed by atoms with Gasteiger partial charge >= 0.3 is 5.97 Å². The van der Waals surface area contributed by atoms with Crippen LogP contribution in [0, 0.1) is 26.6 Å². The lowest BCUT2D eigenvalue weighted by Crippen LogP contribution is -2.07. The van der Waals surface area contributed by atoms with Gasteiger partial charge in [0.05, 0.1) is 12.0 Å². The quantitative estimate of drug-likeness (QED) is 0.715. The molecule has 0 saturated carbocycles. The number of nitrogens with one attached hydrogen (secondary N) is 1. The van der Waals surface area contributed by atoms with E-state index < -0.39 is 5.97 Å². The number of hydrogen-bond donors (Lipinski definition) is 1. The van der Waals surface area contributed by atoms with E-state index in [4.69, 9.17) is 9.15 Å². The number of benzene rings is 1. The molecule has 0 radical (unpaired) electrons. The molecule has 0 aliphatic carbocycles. The van der Waals surface area contributed by atoms with Crippen molar-refractivity contribution in [3.8, 4) is 0 Å². The van der Waals surface area contributed by atoms with Crippen LogP contribution in [0.15, 0.2) is 22.6 Å². The fourth-order valence-electron chi connectivity index (χ4n) is 2.56. The minimum Gasteiger partial charge on any atom is -0.462 e. The number of esters is 1. The predicted molar refractivity (Wildman–Crippen MR) is 91.7 cm³/mol. The van der Waals surface area contributed by atoms with Gasteiger partial charge in [-0.1, -0.05) is 6.07 Å². The van der Waals surface area contributed by atoms with Gasteiger partial charge in [0.1, 0.15) is 28.8 Å². The van der Waals surface area contributed by atoms with Gasteiger partial charge in [-0.3, -0.25) is 0 Å². The zero-order valence-electron chi connectivity index (χ0n) is 14.4. The maximum absolute atomic E-state index is 13.8. The Labute approximate surface area is 144 Å². The van der Waals surface area contributed by atoms with Gasteiger partial charge in [-0.05, 0) is 45.4 Å². The number of anilines is 2. The fourth-order valence-corrected chi connectivity index (χ4v) is 2.56. The predicted octanol–water partition coefficient (Wildman–Crippen LogP) is 4.21. The summed E-state index contributed by atoms with van der Waals surface area (Å²) in [6, 6.07) is 4.77. The molecule has 0 amide bonds. The van der Waals surface area contributed by atoms with Crippen LogP contribution in [0.2, 0.25) is 0 Å². The number of ether oxygens (including phenoxy) is 1. The molecule has 0 atom stereocenters. The van der Waals surface area contributed by atoms with Crippen LogP contribution in [-0.2, 0) is 4.74 Å². The van der Waals surface area contributed by atoms with E-state index in [1.165, 1.54) is 6.07 Å². The molecule has 130 valence electrons. The molecule has 0 spiro atoms. The van der Waals surface area contributed by atoms with E-state index in [1.54, 1.807) is 39.8 Å². The number of rotatable bonds is 4. The number of carbonyl (C=O) groups is 1. The van der Waals surface area contributed by atoms with Crippen LogP contribution in [0.3, 0.4) is 0 Å². The summed E-state index contributed by atoms with van der Waals surface area (Å²) in [6.07, 6.45) is 0. The topological polar surface area (TPSA) is 77.2 Å². The molecule has 25 heavy (non-hydrogen) atoms. The zero-order chi connectivity index (χ0) is 18.1. The van der Waals surface area contributed by atoms with Gasteiger partial charge in [-0.15, -0.1) is 0 Å². The van der Waals surface area contributed by atoms with Crippen molar-refractivity contribution in [1.82, 2.24) is 9.97 Å². The maximum Gasteiger partial charge on any atom is 0.342 e. The highest BCUT2D eigenvalue weighted by Crippen LogP contribution is 2.32. The third-order valence-corrected chi connectivity index (χ3v) is 3.75. The molecule has 0 fully saturated rings. The smallest absolute Gasteiger partial charge is 0.342 e. The van der Waals surface area contributed by atoms with Crippen molar-refractivity contribution >= 4 is 28.6 Å². The van der Waals surface area contributed by atoms with E-state index >= 15 is 0 Å². The van der Waals surface area contributed by atoms with Gasteiger partial charge in [-0.2, -0.15) is 4.98 Å². The maximum atomic E-state index is 13.8. The number of aryl methyl sites for hydroxylation is 3. The summed E-state index contributed by atoms with van der Waals surface area (Å²) in [6.45, 7) is 7.03. The Kier molecular flexibility index (Phi) is 4.39. The average molecular weight is 343 g/mol. The molecular formula is C18H18FN3O3. The highest BCUT2D eigenvalue weighted by atomic mass is 19.1. The monoisotopic (exact) mass is 343 g/mol. The van der Waals surface area contributed by atoms with Crippen LogP contribution in [0.4, 0.5) is 15.9 Å². The van der Waals surface area contributed by atoms with Gasteiger partial charge in [0.15, 0.2) is 0 Å². The van der Waals surface area contributed by atoms with E-state index in [0.717, 1.165) is 0 Å². The first-order chi connectivity index (χ1) is 11.9. The Morgan fingerprint density at radius 1 is 1.28 bits per heavy atom. The third kappa shape index (κ3) is 3.17. The highest BCUT2D eigenvalue weighted by Gasteiger charge is 2.24. The summed E-state index contributed by atoms with van der Waals surface area (Å²) in [5.74, 6) is 0.384. The molecule has 1 aromatic carbocycles. The number of aromatic nitrogens is 2. The lowest BCUT2D eigenvalue weighted by atomic mass is 10.1. The van der Waals surface area contributed by atoms with Crippen LogP contribution >= 0.6 is 0 Å². The fraction of sp³-hybridized carbons (Fsp3) is 0.278. The SMILES string of the molecule is CCOC(=O)c1c(C)oc2nc(C)nc(Nc3ccc(C)c(F)c3)c12. The second kappa shape index (κ2) is 6.51. The lowest BCUT2D eigenvalue weighted by molar-refractivity contribution is 0.0526. The Morgan fingerprint density at radius 3 is 2.72 bits per heavy atom. The summed E-state index contributed by atoms with van der Waals surface area (Å²) >= 11 is 0. The number of fused-ring (bicyclic) bond motifs is 1. The molecule has 2 heterocycles. The van der Waals surface area contributed by atoms with Crippen LogP contribution in [0.1, 0.15) is 34.4 Å². The Hall–Kier alpha value is -2.96. The van der Waals surface area contributed by atoms with E-state index in [9.17, 15) is 9.18 Å². The second-order valence-corrected chi connectivity index (χ2v) is 5.64.